The molecular formula is C13H13ClF3NO. The number of anilines is 1. The minimum absolute atomic E-state index is 0.0526. The number of hydrogen-bond donors (Lipinski definition) is 0. The first-order chi connectivity index (χ1) is 8.79. The molecule has 0 spiro atoms. The first kappa shape index (κ1) is 14.2. The molecule has 1 heterocycles. The maximum atomic E-state index is 13.0. The molecule has 0 amide bonds. The van der Waals surface area contributed by atoms with Gasteiger partial charge >= 0.3 is 6.18 Å². The van der Waals surface area contributed by atoms with Crippen molar-refractivity contribution in [3.8, 4) is 0 Å². The summed E-state index contributed by atoms with van der Waals surface area (Å²) < 4.78 is 39.1. The van der Waals surface area contributed by atoms with E-state index in [1.807, 2.05) is 0 Å². The van der Waals surface area contributed by atoms with E-state index < -0.39 is 11.7 Å². The molecule has 2 nitrogen and oxygen atoms in total. The fourth-order valence-corrected chi connectivity index (χ4v) is 2.52. The van der Waals surface area contributed by atoms with Crippen LogP contribution in [0.3, 0.4) is 0 Å². The van der Waals surface area contributed by atoms with Gasteiger partial charge in [0, 0.05) is 36.1 Å². The third-order valence-corrected chi connectivity index (χ3v) is 3.50. The Morgan fingerprint density at radius 2 is 2.05 bits per heavy atom. The largest absolute Gasteiger partial charge is 0.418 e. The van der Waals surface area contributed by atoms with E-state index in [1.165, 1.54) is 12.1 Å². The van der Waals surface area contributed by atoms with Gasteiger partial charge in [-0.15, -0.1) is 0 Å². The number of ketones is 1. The number of hydrogen-bond acceptors (Lipinski definition) is 2. The molecule has 0 radical (unpaired) electrons. The van der Waals surface area contributed by atoms with Gasteiger partial charge in [0.2, 0.25) is 0 Å². The zero-order chi connectivity index (χ0) is 14.2. The van der Waals surface area contributed by atoms with Gasteiger partial charge in [0.05, 0.1) is 5.56 Å². The van der Waals surface area contributed by atoms with Crippen molar-refractivity contribution in [3.05, 3.63) is 28.8 Å². The zero-order valence-electron chi connectivity index (χ0n) is 10.3. The highest BCUT2D eigenvalue weighted by Crippen LogP contribution is 2.39. The lowest BCUT2D eigenvalue weighted by molar-refractivity contribution is -0.137. The monoisotopic (exact) mass is 291 g/mol. The summed E-state index contributed by atoms with van der Waals surface area (Å²) in [5, 5.41) is 0.0526. The van der Waals surface area contributed by atoms with E-state index in [1.54, 1.807) is 11.8 Å². The predicted molar refractivity (Wildman–Crippen MR) is 67.5 cm³/mol. The molecule has 1 unspecified atom stereocenters. The van der Waals surface area contributed by atoms with Crippen LogP contribution in [-0.4, -0.2) is 18.4 Å². The number of rotatable bonds is 1. The highest BCUT2D eigenvalue weighted by Gasteiger charge is 2.37. The van der Waals surface area contributed by atoms with E-state index in [0.29, 0.717) is 6.54 Å². The van der Waals surface area contributed by atoms with Crippen LogP contribution < -0.4 is 4.90 Å². The Balaban J connectivity index is 2.42. The van der Waals surface area contributed by atoms with Crippen LogP contribution in [0.2, 0.25) is 5.02 Å². The Bertz CT molecular complexity index is 501. The lowest BCUT2D eigenvalue weighted by Gasteiger charge is -2.36. The molecule has 19 heavy (non-hydrogen) atoms. The quantitative estimate of drug-likeness (QED) is 0.782. The van der Waals surface area contributed by atoms with E-state index >= 15 is 0 Å². The van der Waals surface area contributed by atoms with Crippen molar-refractivity contribution in [3.63, 3.8) is 0 Å². The molecule has 1 saturated heterocycles. The smallest absolute Gasteiger partial charge is 0.367 e. The summed E-state index contributed by atoms with van der Waals surface area (Å²) in [5.41, 5.74) is -0.655. The minimum atomic E-state index is -4.46. The van der Waals surface area contributed by atoms with Gasteiger partial charge in [0.25, 0.3) is 0 Å². The van der Waals surface area contributed by atoms with E-state index in [4.69, 9.17) is 11.6 Å². The summed E-state index contributed by atoms with van der Waals surface area (Å²) in [6.07, 6.45) is -3.90. The summed E-state index contributed by atoms with van der Waals surface area (Å²) in [6, 6.07) is 3.51. The lowest BCUT2D eigenvalue weighted by atomic mass is 10.00. The van der Waals surface area contributed by atoms with Gasteiger partial charge < -0.3 is 4.90 Å². The molecule has 1 aromatic carbocycles. The van der Waals surface area contributed by atoms with E-state index in [0.717, 1.165) is 6.07 Å². The summed E-state index contributed by atoms with van der Waals surface area (Å²) in [7, 11) is 0. The van der Waals surface area contributed by atoms with Crippen molar-refractivity contribution in [2.45, 2.75) is 32.0 Å². The third-order valence-electron chi connectivity index (χ3n) is 3.26. The third kappa shape index (κ3) is 3.03. The lowest BCUT2D eigenvalue weighted by Crippen LogP contribution is -2.42. The summed E-state index contributed by atoms with van der Waals surface area (Å²) in [5.74, 6) is 0.0891. The van der Waals surface area contributed by atoms with Crippen LogP contribution >= 0.6 is 11.6 Å². The maximum absolute atomic E-state index is 13.0. The van der Waals surface area contributed by atoms with Crippen LogP contribution in [0, 0.1) is 0 Å². The van der Waals surface area contributed by atoms with E-state index in [9.17, 15) is 18.0 Å². The molecule has 0 N–H and O–H groups in total. The molecule has 6 heteroatoms. The van der Waals surface area contributed by atoms with Crippen LogP contribution in [-0.2, 0) is 11.0 Å². The summed E-state index contributed by atoms with van der Waals surface area (Å²) >= 11 is 5.65. The average molecular weight is 292 g/mol. The van der Waals surface area contributed by atoms with Crippen molar-refractivity contribution in [2.75, 3.05) is 11.4 Å². The van der Waals surface area contributed by atoms with Gasteiger partial charge in [-0.1, -0.05) is 11.6 Å². The second-order valence-electron chi connectivity index (χ2n) is 4.69. The SMILES string of the molecule is CC1CC(=O)CCN1c1ccc(Cl)cc1C(F)(F)F. The van der Waals surface area contributed by atoms with Crippen LogP contribution in [0.4, 0.5) is 18.9 Å². The normalized spacial score (nSPS) is 20.8. The summed E-state index contributed by atoms with van der Waals surface area (Å²) in [4.78, 5) is 12.9. The molecule has 1 aliphatic rings. The standard InChI is InChI=1S/C13H13ClF3NO/c1-8-6-10(19)4-5-18(8)12-3-2-9(14)7-11(12)13(15,16)17/h2-3,7-8H,4-6H2,1H3. The van der Waals surface area contributed by atoms with Gasteiger partial charge in [-0.2, -0.15) is 13.2 Å². The summed E-state index contributed by atoms with van der Waals surface area (Å²) in [6.45, 7) is 2.07. The van der Waals surface area contributed by atoms with Gasteiger partial charge in [-0.05, 0) is 25.1 Å². The van der Waals surface area contributed by atoms with Gasteiger partial charge in [-0.25, -0.2) is 0 Å². The Morgan fingerprint density at radius 1 is 1.37 bits per heavy atom. The van der Waals surface area contributed by atoms with Gasteiger partial charge in [-0.3, -0.25) is 4.79 Å². The predicted octanol–water partition coefficient (Wildman–Crippen LogP) is 3.92. The Morgan fingerprint density at radius 3 is 2.63 bits per heavy atom. The van der Waals surface area contributed by atoms with Gasteiger partial charge in [0.15, 0.2) is 0 Å². The number of Topliss-reactive ketones (excluding diaryl/α,β-unsaturated/α-hetero) is 1. The number of carbonyl (C=O) groups excluding carboxylic acids is 1. The molecule has 0 aromatic heterocycles. The molecule has 0 saturated carbocycles. The highest BCUT2D eigenvalue weighted by atomic mass is 35.5. The zero-order valence-corrected chi connectivity index (χ0v) is 11.1. The van der Waals surface area contributed by atoms with Crippen molar-refractivity contribution >= 4 is 23.1 Å². The molecule has 0 bridgehead atoms. The Hall–Kier alpha value is -1.23. The van der Waals surface area contributed by atoms with Crippen LogP contribution in [0.1, 0.15) is 25.3 Å². The number of nitrogens with zero attached hydrogens (tertiary/aromatic N) is 1. The number of benzene rings is 1. The van der Waals surface area contributed by atoms with E-state index in [2.05, 4.69) is 0 Å². The first-order valence-electron chi connectivity index (χ1n) is 5.94. The van der Waals surface area contributed by atoms with Gasteiger partial charge in [0.1, 0.15) is 5.78 Å². The van der Waals surface area contributed by atoms with Crippen molar-refractivity contribution < 1.29 is 18.0 Å². The topological polar surface area (TPSA) is 20.3 Å². The first-order valence-corrected chi connectivity index (χ1v) is 6.32. The molecule has 1 atom stereocenters. The molecule has 1 aromatic rings. The number of piperidine rings is 1. The van der Waals surface area contributed by atoms with Crippen LogP contribution in [0.15, 0.2) is 18.2 Å². The van der Waals surface area contributed by atoms with Crippen molar-refractivity contribution in [1.29, 1.82) is 0 Å². The molecular weight excluding hydrogens is 279 g/mol. The Labute approximate surface area is 114 Å². The second-order valence-corrected chi connectivity index (χ2v) is 5.13. The fraction of sp³-hybridized carbons (Fsp3) is 0.462. The maximum Gasteiger partial charge on any atom is 0.418 e. The molecule has 2 rings (SSSR count). The van der Waals surface area contributed by atoms with Crippen molar-refractivity contribution in [2.24, 2.45) is 0 Å². The number of carbonyl (C=O) groups is 1. The highest BCUT2D eigenvalue weighted by molar-refractivity contribution is 6.30. The van der Waals surface area contributed by atoms with Crippen molar-refractivity contribution in [1.82, 2.24) is 0 Å². The van der Waals surface area contributed by atoms with Crippen LogP contribution in [0.25, 0.3) is 0 Å². The second kappa shape index (κ2) is 5.04. The molecule has 1 fully saturated rings. The Kier molecular flexibility index (Phi) is 3.76. The minimum Gasteiger partial charge on any atom is -0.367 e. The number of halogens is 4. The molecule has 0 aliphatic carbocycles. The molecule has 1 aliphatic heterocycles. The molecule has 104 valence electrons. The fourth-order valence-electron chi connectivity index (χ4n) is 2.35. The van der Waals surface area contributed by atoms with Crippen LogP contribution in [0.5, 0.6) is 0 Å². The number of alkyl halides is 3. The van der Waals surface area contributed by atoms with E-state index in [-0.39, 0.29) is 35.4 Å². The average Bonchev–Trinajstić information content (AvgIpc) is 2.28.